The van der Waals surface area contributed by atoms with Gasteiger partial charge >= 0.3 is 11.7 Å². The first kappa shape index (κ1) is 15.9. The molecule has 1 aromatic rings. The predicted molar refractivity (Wildman–Crippen MR) is 74.1 cm³/mol. The highest BCUT2D eigenvalue weighted by molar-refractivity contribution is 5.76. The van der Waals surface area contributed by atoms with Gasteiger partial charge in [0.15, 0.2) is 0 Å². The molecule has 1 heterocycles. The van der Waals surface area contributed by atoms with E-state index in [0.29, 0.717) is 5.69 Å². The molecule has 0 aromatic carbocycles. The average molecular weight is 284 g/mol. The number of nitro groups is 1. The van der Waals surface area contributed by atoms with Crippen LogP contribution in [0.5, 0.6) is 0 Å². The van der Waals surface area contributed by atoms with Crippen LogP contribution in [0.4, 0.5) is 11.5 Å². The van der Waals surface area contributed by atoms with E-state index >= 15 is 0 Å². The summed E-state index contributed by atoms with van der Waals surface area (Å²) in [5.74, 6) is -0.925. The van der Waals surface area contributed by atoms with Crippen molar-refractivity contribution in [3.05, 3.63) is 15.8 Å². The molecule has 112 valence electrons. The van der Waals surface area contributed by atoms with E-state index < -0.39 is 10.9 Å². The SMILES string of the molecule is CC(C)c1nn(C)c(N(CC(=O)O)C(C)C)c1[N+](=O)[O-]. The number of carbonyl (C=O) groups is 1. The van der Waals surface area contributed by atoms with Gasteiger partial charge in [0.1, 0.15) is 12.2 Å². The van der Waals surface area contributed by atoms with Gasteiger partial charge in [-0.15, -0.1) is 0 Å². The minimum atomic E-state index is -1.04. The zero-order valence-corrected chi connectivity index (χ0v) is 12.3. The highest BCUT2D eigenvalue weighted by Crippen LogP contribution is 2.36. The Morgan fingerprint density at radius 3 is 2.35 bits per heavy atom. The molecular weight excluding hydrogens is 264 g/mol. The van der Waals surface area contributed by atoms with Crippen molar-refractivity contribution < 1.29 is 14.8 Å². The number of aryl methyl sites for hydroxylation is 1. The Kier molecular flexibility index (Phi) is 4.69. The van der Waals surface area contributed by atoms with Crippen LogP contribution in [0.15, 0.2) is 0 Å². The van der Waals surface area contributed by atoms with E-state index in [1.54, 1.807) is 20.9 Å². The third-order valence-corrected chi connectivity index (χ3v) is 2.95. The zero-order valence-electron chi connectivity index (χ0n) is 12.3. The van der Waals surface area contributed by atoms with Gasteiger partial charge in [-0.2, -0.15) is 5.10 Å². The fourth-order valence-corrected chi connectivity index (χ4v) is 2.06. The first-order valence-electron chi connectivity index (χ1n) is 6.36. The summed E-state index contributed by atoms with van der Waals surface area (Å²) < 4.78 is 1.39. The standard InChI is InChI=1S/C12H20N4O4/c1-7(2)10-11(16(19)20)12(14(5)13-10)15(8(3)4)6-9(17)18/h7-8H,6H2,1-5H3,(H,17,18). The Labute approximate surface area is 117 Å². The molecule has 8 nitrogen and oxygen atoms in total. The monoisotopic (exact) mass is 284 g/mol. The van der Waals surface area contributed by atoms with Crippen molar-refractivity contribution in [1.29, 1.82) is 0 Å². The number of carboxylic acid groups (broad SMARTS) is 1. The number of carboxylic acids is 1. The van der Waals surface area contributed by atoms with Crippen LogP contribution in [0.25, 0.3) is 0 Å². The maximum atomic E-state index is 11.4. The number of aliphatic carboxylic acids is 1. The van der Waals surface area contributed by atoms with Gasteiger partial charge in [0.05, 0.1) is 4.92 Å². The number of nitrogens with zero attached hydrogens (tertiary/aromatic N) is 4. The van der Waals surface area contributed by atoms with Gasteiger partial charge in [-0.1, -0.05) is 13.8 Å². The molecule has 1 aromatic heterocycles. The van der Waals surface area contributed by atoms with Crippen LogP contribution in [-0.2, 0) is 11.8 Å². The minimum Gasteiger partial charge on any atom is -0.480 e. The van der Waals surface area contributed by atoms with E-state index in [0.717, 1.165) is 0 Å². The molecule has 0 aliphatic heterocycles. The third kappa shape index (κ3) is 3.06. The van der Waals surface area contributed by atoms with Gasteiger partial charge in [-0.25, -0.2) is 4.68 Å². The summed E-state index contributed by atoms with van der Waals surface area (Å²) in [6.45, 7) is 6.89. The number of hydrogen-bond acceptors (Lipinski definition) is 5. The average Bonchev–Trinajstić information content (AvgIpc) is 2.63. The molecule has 0 aliphatic rings. The Morgan fingerprint density at radius 2 is 2.00 bits per heavy atom. The maximum Gasteiger partial charge on any atom is 0.334 e. The fourth-order valence-electron chi connectivity index (χ4n) is 2.06. The van der Waals surface area contributed by atoms with Crippen LogP contribution < -0.4 is 4.90 Å². The molecule has 20 heavy (non-hydrogen) atoms. The molecule has 0 saturated carbocycles. The maximum absolute atomic E-state index is 11.4. The van der Waals surface area contributed by atoms with E-state index in [9.17, 15) is 14.9 Å². The summed E-state index contributed by atoms with van der Waals surface area (Å²) in [7, 11) is 1.59. The van der Waals surface area contributed by atoms with E-state index in [-0.39, 0.29) is 30.0 Å². The Hall–Kier alpha value is -2.12. The molecular formula is C12H20N4O4. The smallest absolute Gasteiger partial charge is 0.334 e. The molecule has 0 saturated heterocycles. The first-order chi connectivity index (χ1) is 9.16. The second kappa shape index (κ2) is 5.89. The normalized spacial score (nSPS) is 11.2. The molecule has 1 N–H and O–H groups in total. The Bertz CT molecular complexity index is 522. The van der Waals surface area contributed by atoms with E-state index in [1.165, 1.54) is 9.58 Å². The summed E-state index contributed by atoms with van der Waals surface area (Å²) >= 11 is 0. The van der Waals surface area contributed by atoms with Crippen LogP contribution in [-0.4, -0.2) is 38.4 Å². The van der Waals surface area contributed by atoms with Crippen molar-refractivity contribution in [3.8, 4) is 0 Å². The molecule has 0 radical (unpaired) electrons. The van der Waals surface area contributed by atoms with Gasteiger partial charge < -0.3 is 10.0 Å². The molecule has 8 heteroatoms. The van der Waals surface area contributed by atoms with Crippen molar-refractivity contribution in [3.63, 3.8) is 0 Å². The molecule has 0 bridgehead atoms. The van der Waals surface area contributed by atoms with Crippen LogP contribution in [0.3, 0.4) is 0 Å². The van der Waals surface area contributed by atoms with Gasteiger partial charge in [0, 0.05) is 19.0 Å². The quantitative estimate of drug-likeness (QED) is 0.630. The third-order valence-electron chi connectivity index (χ3n) is 2.95. The van der Waals surface area contributed by atoms with Crippen LogP contribution in [0.2, 0.25) is 0 Å². The van der Waals surface area contributed by atoms with Crippen LogP contribution in [0, 0.1) is 10.1 Å². The van der Waals surface area contributed by atoms with Gasteiger partial charge in [0.2, 0.25) is 5.82 Å². The number of anilines is 1. The lowest BCUT2D eigenvalue weighted by molar-refractivity contribution is -0.385. The lowest BCUT2D eigenvalue weighted by Crippen LogP contribution is -2.37. The minimum absolute atomic E-state index is 0.113. The summed E-state index contributed by atoms with van der Waals surface area (Å²) in [5.41, 5.74) is 0.251. The van der Waals surface area contributed by atoms with Crippen LogP contribution in [0.1, 0.15) is 39.3 Å². The van der Waals surface area contributed by atoms with Gasteiger partial charge in [0.25, 0.3) is 0 Å². The van der Waals surface area contributed by atoms with Gasteiger partial charge in [-0.05, 0) is 13.8 Å². The highest BCUT2D eigenvalue weighted by atomic mass is 16.6. The lowest BCUT2D eigenvalue weighted by Gasteiger charge is -2.25. The number of rotatable bonds is 6. The lowest BCUT2D eigenvalue weighted by atomic mass is 10.1. The topological polar surface area (TPSA) is 102 Å². The molecule has 0 amide bonds. The van der Waals surface area contributed by atoms with E-state index in [1.807, 2.05) is 13.8 Å². The molecule has 0 spiro atoms. The first-order valence-corrected chi connectivity index (χ1v) is 6.36. The Morgan fingerprint density at radius 1 is 1.45 bits per heavy atom. The van der Waals surface area contributed by atoms with E-state index in [4.69, 9.17) is 5.11 Å². The van der Waals surface area contributed by atoms with Crippen molar-refractivity contribution in [1.82, 2.24) is 9.78 Å². The molecule has 0 fully saturated rings. The molecule has 0 aliphatic carbocycles. The zero-order chi connectivity index (χ0) is 15.6. The second-order valence-corrected chi connectivity index (χ2v) is 5.21. The summed E-state index contributed by atoms with van der Waals surface area (Å²) in [4.78, 5) is 23.3. The predicted octanol–water partition coefficient (Wildman–Crippen LogP) is 1.75. The van der Waals surface area contributed by atoms with Crippen molar-refractivity contribution in [2.45, 2.75) is 39.7 Å². The Balaban J connectivity index is 3.48. The summed E-state index contributed by atoms with van der Waals surface area (Å²) in [6, 6.07) is -0.194. The van der Waals surface area contributed by atoms with Crippen LogP contribution >= 0.6 is 0 Å². The largest absolute Gasteiger partial charge is 0.480 e. The fraction of sp³-hybridized carbons (Fsp3) is 0.667. The van der Waals surface area contributed by atoms with Crippen molar-refractivity contribution in [2.75, 3.05) is 11.4 Å². The highest BCUT2D eigenvalue weighted by Gasteiger charge is 2.33. The summed E-state index contributed by atoms with van der Waals surface area (Å²) in [5, 5.41) is 24.5. The molecule has 0 unspecified atom stereocenters. The number of aromatic nitrogens is 2. The molecule has 0 atom stereocenters. The molecule has 1 rings (SSSR count). The van der Waals surface area contributed by atoms with E-state index in [2.05, 4.69) is 5.10 Å². The van der Waals surface area contributed by atoms with Gasteiger partial charge in [-0.3, -0.25) is 14.9 Å². The second-order valence-electron chi connectivity index (χ2n) is 5.21. The van der Waals surface area contributed by atoms with Crippen molar-refractivity contribution >= 4 is 17.5 Å². The van der Waals surface area contributed by atoms with Crippen molar-refractivity contribution in [2.24, 2.45) is 7.05 Å². The number of hydrogen-bond donors (Lipinski definition) is 1. The summed E-state index contributed by atoms with van der Waals surface area (Å²) in [6.07, 6.45) is 0.